The van der Waals surface area contributed by atoms with Crippen LogP contribution in [0.1, 0.15) is 18.1 Å². The van der Waals surface area contributed by atoms with Crippen LogP contribution in [-0.4, -0.2) is 18.6 Å². The smallest absolute Gasteiger partial charge is 0.314 e. The Balaban J connectivity index is 2.16. The number of benzene rings is 2. The van der Waals surface area contributed by atoms with E-state index in [-0.39, 0.29) is 5.69 Å². The van der Waals surface area contributed by atoms with Gasteiger partial charge in [0.1, 0.15) is 0 Å². The van der Waals surface area contributed by atoms with Crippen LogP contribution in [0.2, 0.25) is 0 Å². The molecule has 0 aliphatic carbocycles. The molecule has 0 radical (unpaired) electrons. The summed E-state index contributed by atoms with van der Waals surface area (Å²) in [7, 11) is 3.04. The molecule has 0 N–H and O–H groups in total. The molecular weight excluding hydrogens is 396 g/mol. The summed E-state index contributed by atoms with van der Waals surface area (Å²) >= 11 is 0. The van der Waals surface area contributed by atoms with Crippen molar-refractivity contribution in [1.82, 2.24) is 13.7 Å². The lowest BCUT2D eigenvalue weighted by Gasteiger charge is -2.11. The molecule has 31 heavy (non-hydrogen) atoms. The van der Waals surface area contributed by atoms with Crippen molar-refractivity contribution in [3.05, 3.63) is 90.7 Å². The number of rotatable bonds is 4. The molecular formula is C23H22N4O4. The summed E-state index contributed by atoms with van der Waals surface area (Å²) in [5, 5.41) is 11.9. The zero-order valence-corrected chi connectivity index (χ0v) is 17.7. The molecule has 0 saturated carbocycles. The predicted molar refractivity (Wildman–Crippen MR) is 120 cm³/mol. The van der Waals surface area contributed by atoms with Crippen LogP contribution in [-0.2, 0) is 20.5 Å². The van der Waals surface area contributed by atoms with Gasteiger partial charge in [0, 0.05) is 43.2 Å². The molecule has 2 heterocycles. The fraction of sp³-hybridized carbons (Fsp3) is 0.217. The third-order valence-electron chi connectivity index (χ3n) is 5.74. The fourth-order valence-electron chi connectivity index (χ4n) is 3.87. The molecule has 158 valence electrons. The minimum atomic E-state index is -0.444. The molecule has 4 aromatic rings. The minimum Gasteiger partial charge on any atom is -0.314 e. The topological polar surface area (TPSA) is 92.1 Å². The van der Waals surface area contributed by atoms with Crippen LogP contribution >= 0.6 is 0 Å². The van der Waals surface area contributed by atoms with E-state index in [9.17, 15) is 19.7 Å². The molecule has 8 heteroatoms. The summed E-state index contributed by atoms with van der Waals surface area (Å²) in [4.78, 5) is 36.7. The van der Waals surface area contributed by atoms with E-state index in [2.05, 4.69) is 6.92 Å². The van der Waals surface area contributed by atoms with Crippen molar-refractivity contribution in [3.8, 4) is 16.9 Å². The Morgan fingerprint density at radius 3 is 2.29 bits per heavy atom. The molecule has 2 aromatic carbocycles. The molecule has 0 amide bonds. The average molecular weight is 418 g/mol. The number of nitro benzene ring substituents is 1. The van der Waals surface area contributed by atoms with Gasteiger partial charge in [-0.2, -0.15) is 0 Å². The second kappa shape index (κ2) is 7.39. The molecule has 2 aromatic heterocycles. The van der Waals surface area contributed by atoms with Crippen molar-refractivity contribution in [2.24, 2.45) is 14.1 Å². The van der Waals surface area contributed by atoms with Crippen molar-refractivity contribution in [3.63, 3.8) is 0 Å². The third kappa shape index (κ3) is 3.16. The first kappa shape index (κ1) is 20.3. The van der Waals surface area contributed by atoms with Crippen LogP contribution in [0, 0.1) is 17.0 Å². The van der Waals surface area contributed by atoms with Gasteiger partial charge in [0.2, 0.25) is 0 Å². The van der Waals surface area contributed by atoms with Crippen molar-refractivity contribution in [1.29, 1.82) is 0 Å². The molecule has 8 nitrogen and oxygen atoms in total. The van der Waals surface area contributed by atoms with E-state index in [1.165, 1.54) is 17.7 Å². The van der Waals surface area contributed by atoms with E-state index in [4.69, 9.17) is 0 Å². The molecule has 0 atom stereocenters. The van der Waals surface area contributed by atoms with E-state index < -0.39 is 16.2 Å². The summed E-state index contributed by atoms with van der Waals surface area (Å²) in [6.07, 6.45) is 2.63. The fourth-order valence-corrected chi connectivity index (χ4v) is 3.87. The minimum absolute atomic E-state index is 0.0265. The van der Waals surface area contributed by atoms with Crippen LogP contribution in [0.3, 0.4) is 0 Å². The Labute approximate surface area is 177 Å². The van der Waals surface area contributed by atoms with E-state index in [0.717, 1.165) is 22.2 Å². The van der Waals surface area contributed by atoms with Crippen LogP contribution in [0.5, 0.6) is 0 Å². The summed E-state index contributed by atoms with van der Waals surface area (Å²) in [6, 6.07) is 12.8. The van der Waals surface area contributed by atoms with E-state index in [0.29, 0.717) is 27.7 Å². The Hall–Kier alpha value is -3.94. The van der Waals surface area contributed by atoms with Crippen LogP contribution < -0.4 is 11.2 Å². The molecule has 0 bridgehead atoms. The van der Waals surface area contributed by atoms with E-state index >= 15 is 0 Å². The van der Waals surface area contributed by atoms with Crippen molar-refractivity contribution in [2.45, 2.75) is 20.3 Å². The molecule has 0 spiro atoms. The maximum atomic E-state index is 13.1. The molecule has 0 saturated heterocycles. The highest BCUT2D eigenvalue weighted by Gasteiger charge is 2.22. The van der Waals surface area contributed by atoms with Crippen molar-refractivity contribution in [2.75, 3.05) is 0 Å². The van der Waals surface area contributed by atoms with Gasteiger partial charge >= 0.3 is 5.69 Å². The molecule has 4 rings (SSSR count). The third-order valence-corrected chi connectivity index (χ3v) is 5.74. The number of nitrogens with zero attached hydrogens (tertiary/aromatic N) is 4. The normalized spacial score (nSPS) is 11.2. The zero-order valence-electron chi connectivity index (χ0n) is 17.7. The van der Waals surface area contributed by atoms with Crippen molar-refractivity contribution >= 4 is 16.6 Å². The lowest BCUT2D eigenvalue weighted by Crippen LogP contribution is -2.36. The van der Waals surface area contributed by atoms with Gasteiger partial charge in [0.25, 0.3) is 11.2 Å². The highest BCUT2D eigenvalue weighted by molar-refractivity contribution is 5.95. The Bertz CT molecular complexity index is 1460. The molecule has 0 aliphatic heterocycles. The van der Waals surface area contributed by atoms with Crippen molar-refractivity contribution < 1.29 is 4.92 Å². The quantitative estimate of drug-likeness (QED) is 0.375. The van der Waals surface area contributed by atoms with Crippen LogP contribution in [0.4, 0.5) is 5.69 Å². The maximum absolute atomic E-state index is 13.1. The molecule has 0 fully saturated rings. The van der Waals surface area contributed by atoms with Crippen LogP contribution in [0.25, 0.3) is 27.8 Å². The van der Waals surface area contributed by atoms with Gasteiger partial charge in [-0.3, -0.25) is 24.0 Å². The maximum Gasteiger partial charge on any atom is 0.330 e. The zero-order chi connectivity index (χ0) is 22.4. The van der Waals surface area contributed by atoms with E-state index in [1.54, 1.807) is 32.3 Å². The molecule has 0 aliphatic rings. The number of hydrogen-bond acceptors (Lipinski definition) is 4. The number of fused-ring (bicyclic) bond motifs is 1. The second-order valence-corrected chi connectivity index (χ2v) is 7.59. The SMILES string of the molecule is CCc1ccc(-n2cc3c(c2-c2ccc(C)c([N+](=O)[O-])c2)c(=O)n(C)c(=O)n3C)cc1. The largest absolute Gasteiger partial charge is 0.330 e. The Morgan fingerprint density at radius 2 is 1.68 bits per heavy atom. The van der Waals surface area contributed by atoms with Gasteiger partial charge in [-0.05, 0) is 31.0 Å². The van der Waals surface area contributed by atoms with Crippen LogP contribution in [0.15, 0.2) is 58.3 Å². The lowest BCUT2D eigenvalue weighted by atomic mass is 10.1. The Morgan fingerprint density at radius 1 is 1.00 bits per heavy atom. The monoisotopic (exact) mass is 418 g/mol. The number of aryl methyl sites for hydroxylation is 3. The van der Waals surface area contributed by atoms with Gasteiger partial charge in [-0.15, -0.1) is 0 Å². The van der Waals surface area contributed by atoms with Gasteiger partial charge in [0.05, 0.1) is 21.5 Å². The average Bonchev–Trinajstić information content (AvgIpc) is 3.17. The standard InChI is InChI=1S/C23H22N4O4/c1-5-15-7-10-17(11-8-15)26-13-19-20(22(28)25(4)23(29)24(19)3)21(26)16-9-6-14(2)18(12-16)27(30)31/h6-13H,5H2,1-4H3. The highest BCUT2D eigenvalue weighted by Crippen LogP contribution is 2.33. The summed E-state index contributed by atoms with van der Waals surface area (Å²) in [5.41, 5.74) is 3.09. The second-order valence-electron chi connectivity index (χ2n) is 7.59. The number of hydrogen-bond donors (Lipinski definition) is 0. The number of aromatic nitrogens is 3. The van der Waals surface area contributed by atoms with Gasteiger partial charge in [-0.1, -0.05) is 31.2 Å². The molecule has 0 unspecified atom stereocenters. The summed E-state index contributed by atoms with van der Waals surface area (Å²) in [5.74, 6) is 0. The van der Waals surface area contributed by atoms with Gasteiger partial charge in [0.15, 0.2) is 0 Å². The first-order chi connectivity index (χ1) is 14.7. The summed E-state index contributed by atoms with van der Waals surface area (Å²) < 4.78 is 4.29. The Kier molecular flexibility index (Phi) is 4.85. The first-order valence-corrected chi connectivity index (χ1v) is 9.90. The van der Waals surface area contributed by atoms with E-state index in [1.807, 2.05) is 28.8 Å². The lowest BCUT2D eigenvalue weighted by molar-refractivity contribution is -0.385. The summed E-state index contributed by atoms with van der Waals surface area (Å²) in [6.45, 7) is 3.74. The predicted octanol–water partition coefficient (Wildman–Crippen LogP) is 3.47. The highest BCUT2D eigenvalue weighted by atomic mass is 16.6. The number of nitro groups is 1. The van der Waals surface area contributed by atoms with Gasteiger partial charge < -0.3 is 4.57 Å². The first-order valence-electron chi connectivity index (χ1n) is 9.90. The van der Waals surface area contributed by atoms with Gasteiger partial charge in [-0.25, -0.2) is 4.79 Å².